The minimum absolute atomic E-state index is 0.189. The van der Waals surface area contributed by atoms with E-state index in [1.807, 2.05) is 31.2 Å². The molecule has 0 aromatic heterocycles. The summed E-state index contributed by atoms with van der Waals surface area (Å²) in [6.45, 7) is 2.56. The topological polar surface area (TPSA) is 75.6 Å². The van der Waals surface area contributed by atoms with Crippen molar-refractivity contribution in [1.82, 2.24) is 5.32 Å². The standard InChI is InChI=1S/C16H21NO4/c1-12-5-4-6-13(11-12)21-10-3-2-7-14(18)17-16(8-9-16)15(19)20/h4-6,11H,2-3,7-10H2,1H3,(H,17,18)(H,19,20). The van der Waals surface area contributed by atoms with Gasteiger partial charge in [0.1, 0.15) is 11.3 Å². The van der Waals surface area contributed by atoms with Crippen LogP contribution in [-0.4, -0.2) is 29.1 Å². The number of hydrogen-bond donors (Lipinski definition) is 2. The molecule has 0 atom stereocenters. The molecule has 0 aliphatic heterocycles. The molecule has 114 valence electrons. The molecule has 0 radical (unpaired) electrons. The Hall–Kier alpha value is -2.04. The second kappa shape index (κ2) is 6.61. The number of carboxylic acid groups (broad SMARTS) is 1. The van der Waals surface area contributed by atoms with E-state index in [2.05, 4.69) is 5.32 Å². The molecule has 5 heteroatoms. The molecule has 1 aliphatic rings. The summed E-state index contributed by atoms with van der Waals surface area (Å²) >= 11 is 0. The van der Waals surface area contributed by atoms with Crippen LogP contribution in [0, 0.1) is 6.92 Å². The number of unbranched alkanes of at least 4 members (excludes halogenated alkanes) is 1. The van der Waals surface area contributed by atoms with Crippen LogP contribution in [0.5, 0.6) is 5.75 Å². The summed E-state index contributed by atoms with van der Waals surface area (Å²) in [5, 5.41) is 11.6. The Morgan fingerprint density at radius 1 is 1.33 bits per heavy atom. The molecule has 5 nitrogen and oxygen atoms in total. The average molecular weight is 291 g/mol. The Morgan fingerprint density at radius 2 is 2.10 bits per heavy atom. The van der Waals surface area contributed by atoms with E-state index >= 15 is 0 Å². The number of benzene rings is 1. The second-order valence-electron chi connectivity index (χ2n) is 5.56. The number of carboxylic acids is 1. The van der Waals surface area contributed by atoms with Crippen LogP contribution in [-0.2, 0) is 9.59 Å². The number of rotatable bonds is 8. The number of hydrogen-bond acceptors (Lipinski definition) is 3. The zero-order valence-corrected chi connectivity index (χ0v) is 12.2. The molecule has 0 saturated heterocycles. The van der Waals surface area contributed by atoms with Gasteiger partial charge in [-0.05, 0) is 50.3 Å². The highest BCUT2D eigenvalue weighted by atomic mass is 16.5. The molecule has 0 unspecified atom stereocenters. The maximum Gasteiger partial charge on any atom is 0.329 e. The van der Waals surface area contributed by atoms with E-state index in [-0.39, 0.29) is 5.91 Å². The minimum atomic E-state index is -0.977. The number of carbonyl (C=O) groups excluding carboxylic acids is 1. The van der Waals surface area contributed by atoms with Gasteiger partial charge in [0.2, 0.25) is 5.91 Å². The Morgan fingerprint density at radius 3 is 2.71 bits per heavy atom. The first-order chi connectivity index (χ1) is 10.0. The van der Waals surface area contributed by atoms with Crippen LogP contribution in [0.15, 0.2) is 24.3 Å². The van der Waals surface area contributed by atoms with Gasteiger partial charge in [0, 0.05) is 6.42 Å². The van der Waals surface area contributed by atoms with Crippen LogP contribution in [0.25, 0.3) is 0 Å². The van der Waals surface area contributed by atoms with Gasteiger partial charge in [-0.2, -0.15) is 0 Å². The van der Waals surface area contributed by atoms with E-state index in [0.29, 0.717) is 32.3 Å². The largest absolute Gasteiger partial charge is 0.494 e. The third-order valence-electron chi connectivity index (χ3n) is 3.59. The van der Waals surface area contributed by atoms with Crippen molar-refractivity contribution >= 4 is 11.9 Å². The summed E-state index contributed by atoms with van der Waals surface area (Å²) in [6.07, 6.45) is 2.86. The minimum Gasteiger partial charge on any atom is -0.494 e. The van der Waals surface area contributed by atoms with E-state index in [1.54, 1.807) is 0 Å². The van der Waals surface area contributed by atoms with Crippen molar-refractivity contribution < 1.29 is 19.4 Å². The molecular formula is C16H21NO4. The lowest BCUT2D eigenvalue weighted by atomic mass is 10.2. The fraction of sp³-hybridized carbons (Fsp3) is 0.500. The zero-order chi connectivity index (χ0) is 15.3. The van der Waals surface area contributed by atoms with Gasteiger partial charge < -0.3 is 15.2 Å². The molecule has 1 fully saturated rings. The zero-order valence-electron chi connectivity index (χ0n) is 12.2. The highest BCUT2D eigenvalue weighted by Crippen LogP contribution is 2.35. The number of aliphatic carboxylic acids is 1. The molecule has 1 amide bonds. The third-order valence-corrected chi connectivity index (χ3v) is 3.59. The first-order valence-corrected chi connectivity index (χ1v) is 7.26. The molecule has 1 aromatic carbocycles. The predicted molar refractivity (Wildman–Crippen MR) is 78.3 cm³/mol. The van der Waals surface area contributed by atoms with Crippen molar-refractivity contribution in [3.8, 4) is 5.75 Å². The maximum absolute atomic E-state index is 11.7. The summed E-state index contributed by atoms with van der Waals surface area (Å²) in [5.74, 6) is -0.286. The smallest absolute Gasteiger partial charge is 0.329 e. The molecule has 0 bridgehead atoms. The van der Waals surface area contributed by atoms with Crippen molar-refractivity contribution in [2.24, 2.45) is 0 Å². The van der Waals surface area contributed by atoms with Crippen LogP contribution >= 0.6 is 0 Å². The van der Waals surface area contributed by atoms with E-state index in [4.69, 9.17) is 9.84 Å². The van der Waals surface area contributed by atoms with E-state index in [9.17, 15) is 9.59 Å². The van der Waals surface area contributed by atoms with Gasteiger partial charge in [-0.15, -0.1) is 0 Å². The molecule has 1 saturated carbocycles. The normalized spacial score (nSPS) is 15.3. The highest BCUT2D eigenvalue weighted by molar-refractivity contribution is 5.89. The lowest BCUT2D eigenvalue weighted by Crippen LogP contribution is -2.42. The number of amides is 1. The SMILES string of the molecule is Cc1cccc(OCCCCC(=O)NC2(C(=O)O)CC2)c1. The average Bonchev–Trinajstić information content (AvgIpc) is 3.19. The summed E-state index contributed by atoms with van der Waals surface area (Å²) in [7, 11) is 0. The highest BCUT2D eigenvalue weighted by Gasteiger charge is 2.51. The van der Waals surface area contributed by atoms with E-state index in [0.717, 1.165) is 17.7 Å². The molecule has 1 aliphatic carbocycles. The van der Waals surface area contributed by atoms with Crippen LogP contribution in [0.3, 0.4) is 0 Å². The van der Waals surface area contributed by atoms with Crippen molar-refractivity contribution in [3.05, 3.63) is 29.8 Å². The lowest BCUT2D eigenvalue weighted by Gasteiger charge is -2.12. The fourth-order valence-corrected chi connectivity index (χ4v) is 2.13. The summed E-state index contributed by atoms with van der Waals surface area (Å²) in [5.41, 5.74) is 0.171. The predicted octanol–water partition coefficient (Wildman–Crippen LogP) is 2.28. The third kappa shape index (κ3) is 4.48. The summed E-state index contributed by atoms with van der Waals surface area (Å²) in [4.78, 5) is 22.6. The van der Waals surface area contributed by atoms with Crippen LogP contribution in [0.2, 0.25) is 0 Å². The molecule has 1 aromatic rings. The van der Waals surface area contributed by atoms with Gasteiger partial charge in [-0.25, -0.2) is 4.79 Å². The fourth-order valence-electron chi connectivity index (χ4n) is 2.13. The lowest BCUT2D eigenvalue weighted by molar-refractivity contribution is -0.143. The second-order valence-corrected chi connectivity index (χ2v) is 5.56. The van der Waals surface area contributed by atoms with Crippen LogP contribution < -0.4 is 10.1 Å². The number of carbonyl (C=O) groups is 2. The van der Waals surface area contributed by atoms with Crippen molar-refractivity contribution in [3.63, 3.8) is 0 Å². The van der Waals surface area contributed by atoms with Gasteiger partial charge in [0.25, 0.3) is 0 Å². The van der Waals surface area contributed by atoms with Gasteiger partial charge >= 0.3 is 5.97 Å². The molecular weight excluding hydrogens is 270 g/mol. The quantitative estimate of drug-likeness (QED) is 0.720. The molecule has 2 rings (SSSR count). The Balaban J connectivity index is 1.60. The van der Waals surface area contributed by atoms with Crippen LogP contribution in [0.1, 0.15) is 37.7 Å². The van der Waals surface area contributed by atoms with Gasteiger partial charge in [-0.3, -0.25) is 4.79 Å². The Bertz CT molecular complexity index is 523. The molecule has 0 spiro atoms. The Kier molecular flexibility index (Phi) is 4.83. The van der Waals surface area contributed by atoms with Crippen molar-refractivity contribution in [2.75, 3.05) is 6.61 Å². The first kappa shape index (κ1) is 15.4. The van der Waals surface area contributed by atoms with Crippen molar-refractivity contribution in [1.29, 1.82) is 0 Å². The van der Waals surface area contributed by atoms with Gasteiger partial charge in [0.05, 0.1) is 6.61 Å². The summed E-state index contributed by atoms with van der Waals surface area (Å²) < 4.78 is 5.59. The van der Waals surface area contributed by atoms with Crippen molar-refractivity contribution in [2.45, 2.75) is 44.6 Å². The monoisotopic (exact) mass is 291 g/mol. The van der Waals surface area contributed by atoms with Gasteiger partial charge in [-0.1, -0.05) is 12.1 Å². The number of ether oxygens (including phenoxy) is 1. The molecule has 21 heavy (non-hydrogen) atoms. The van der Waals surface area contributed by atoms with E-state index in [1.165, 1.54) is 0 Å². The first-order valence-electron chi connectivity index (χ1n) is 7.26. The number of nitrogens with one attached hydrogen (secondary N) is 1. The number of aryl methyl sites for hydroxylation is 1. The molecule has 2 N–H and O–H groups in total. The van der Waals surface area contributed by atoms with Gasteiger partial charge in [0.15, 0.2) is 0 Å². The molecule has 0 heterocycles. The Labute approximate surface area is 124 Å². The maximum atomic E-state index is 11.7. The van der Waals surface area contributed by atoms with E-state index < -0.39 is 11.5 Å². The van der Waals surface area contributed by atoms with Crippen LogP contribution in [0.4, 0.5) is 0 Å². The summed E-state index contributed by atoms with van der Waals surface area (Å²) in [6, 6.07) is 7.83.